The Morgan fingerprint density at radius 2 is 1.76 bits per heavy atom. The number of aromatic nitrogens is 1. The van der Waals surface area contributed by atoms with E-state index in [1.165, 1.54) is 4.90 Å². The van der Waals surface area contributed by atoms with E-state index in [9.17, 15) is 24.3 Å². The van der Waals surface area contributed by atoms with Crippen molar-refractivity contribution in [3.8, 4) is 5.75 Å². The first-order valence-corrected chi connectivity index (χ1v) is 16.5. The van der Waals surface area contributed by atoms with E-state index in [-0.39, 0.29) is 61.4 Å². The van der Waals surface area contributed by atoms with Gasteiger partial charge in [0.1, 0.15) is 23.2 Å². The van der Waals surface area contributed by atoms with Crippen molar-refractivity contribution in [2.24, 2.45) is 5.92 Å². The third-order valence-electron chi connectivity index (χ3n) is 8.56. The average Bonchev–Trinajstić information content (AvgIpc) is 3.39. The van der Waals surface area contributed by atoms with Gasteiger partial charge in [-0.3, -0.25) is 14.4 Å². The van der Waals surface area contributed by atoms with Gasteiger partial charge in [0.15, 0.2) is 5.76 Å². The maximum Gasteiger partial charge on any atom is 0.321 e. The minimum atomic E-state index is -0.506. The largest absolute Gasteiger partial charge is 0.487 e. The van der Waals surface area contributed by atoms with Gasteiger partial charge in [-0.25, -0.2) is 4.79 Å². The van der Waals surface area contributed by atoms with Crippen LogP contribution in [0.3, 0.4) is 0 Å². The van der Waals surface area contributed by atoms with Crippen molar-refractivity contribution in [1.82, 2.24) is 15.0 Å². The van der Waals surface area contributed by atoms with Crippen molar-refractivity contribution in [2.75, 3.05) is 48.4 Å². The highest BCUT2D eigenvalue weighted by Crippen LogP contribution is 2.31. The second-order valence-corrected chi connectivity index (χ2v) is 12.6. The summed E-state index contributed by atoms with van der Waals surface area (Å²) in [5.74, 6) is -0.0967. The van der Waals surface area contributed by atoms with Gasteiger partial charge < -0.3 is 45.9 Å². The van der Waals surface area contributed by atoms with E-state index in [0.717, 1.165) is 0 Å². The van der Waals surface area contributed by atoms with Gasteiger partial charge >= 0.3 is 6.03 Å². The summed E-state index contributed by atoms with van der Waals surface area (Å²) in [6, 6.07) is 11.1. The molecular formula is C35H47N7O7. The Bertz CT molecular complexity index is 1620. The molecule has 6 N–H and O–H groups in total. The number of unbranched alkanes of at least 4 members (excludes halogenated alkanes) is 2. The number of para-hydroxylation sites is 2. The number of ether oxygens (including phenoxy) is 1. The van der Waals surface area contributed by atoms with Crippen molar-refractivity contribution in [3.63, 3.8) is 0 Å². The summed E-state index contributed by atoms with van der Waals surface area (Å²) in [4.78, 5) is 55.0. The zero-order chi connectivity index (χ0) is 35.7. The maximum atomic E-state index is 13.8. The Labute approximate surface area is 286 Å². The number of anilines is 4. The number of benzene rings is 2. The molecule has 2 aromatic carbocycles. The van der Waals surface area contributed by atoms with Crippen LogP contribution in [0.5, 0.6) is 5.75 Å². The molecule has 3 atom stereocenters. The molecule has 5 amide bonds. The normalized spacial score (nSPS) is 16.4. The summed E-state index contributed by atoms with van der Waals surface area (Å²) in [6.45, 7) is 7.38. The number of nitrogens with one attached hydrogen (secondary N) is 3. The number of amides is 5. The topological polar surface area (TPSA) is 192 Å². The van der Waals surface area contributed by atoms with E-state index in [0.29, 0.717) is 65.6 Å². The summed E-state index contributed by atoms with van der Waals surface area (Å²) >= 11 is 0. The number of carbonyl (C=O) groups excluding carboxylic acids is 4. The highest BCUT2D eigenvalue weighted by Gasteiger charge is 2.34. The van der Waals surface area contributed by atoms with E-state index < -0.39 is 12.1 Å². The summed E-state index contributed by atoms with van der Waals surface area (Å²) in [5, 5.41) is 22.3. The van der Waals surface area contributed by atoms with E-state index in [1.807, 2.05) is 6.92 Å². The SMILES string of the molecule is Cc1noc(C)c1NC(=O)N(C)C[C@H]1Oc2ccc(NC(=O)CCCCCC(=O)Nc3ccccc3N)cc2C(=O)N([C@H](C)CO)C[C@@H]1C. The molecular weight excluding hydrogens is 630 g/mol. The molecule has 0 bridgehead atoms. The lowest BCUT2D eigenvalue weighted by Crippen LogP contribution is -2.50. The molecule has 14 nitrogen and oxygen atoms in total. The summed E-state index contributed by atoms with van der Waals surface area (Å²) in [6.07, 6.45) is 1.93. The van der Waals surface area contributed by atoms with E-state index in [1.54, 1.807) is 75.2 Å². The highest BCUT2D eigenvalue weighted by molar-refractivity contribution is 6.00. The number of aryl methyl sites for hydroxylation is 2. The Balaban J connectivity index is 1.37. The quantitative estimate of drug-likeness (QED) is 0.125. The van der Waals surface area contributed by atoms with Crippen molar-refractivity contribution in [1.29, 1.82) is 0 Å². The number of nitrogen functional groups attached to an aromatic ring is 1. The molecule has 4 rings (SSSR count). The van der Waals surface area contributed by atoms with Crippen LogP contribution in [0.15, 0.2) is 47.0 Å². The molecule has 0 unspecified atom stereocenters. The molecule has 1 aliphatic rings. The number of carbonyl (C=O) groups is 4. The molecule has 2 heterocycles. The Hall–Kier alpha value is -5.11. The second-order valence-electron chi connectivity index (χ2n) is 12.6. The lowest BCUT2D eigenvalue weighted by Gasteiger charge is -2.38. The lowest BCUT2D eigenvalue weighted by molar-refractivity contribution is -0.116. The van der Waals surface area contributed by atoms with E-state index in [2.05, 4.69) is 21.1 Å². The van der Waals surface area contributed by atoms with Gasteiger partial charge in [-0.15, -0.1) is 0 Å². The zero-order valence-electron chi connectivity index (χ0n) is 28.7. The van der Waals surface area contributed by atoms with Crippen LogP contribution in [0.2, 0.25) is 0 Å². The van der Waals surface area contributed by atoms with E-state index in [4.69, 9.17) is 15.0 Å². The average molecular weight is 678 g/mol. The third-order valence-corrected chi connectivity index (χ3v) is 8.56. The van der Waals surface area contributed by atoms with Crippen molar-refractivity contribution < 1.29 is 33.5 Å². The Morgan fingerprint density at radius 1 is 1.06 bits per heavy atom. The van der Waals surface area contributed by atoms with Gasteiger partial charge in [-0.1, -0.05) is 30.6 Å². The van der Waals surface area contributed by atoms with Crippen LogP contribution in [-0.2, 0) is 9.59 Å². The molecule has 0 radical (unpaired) electrons. The van der Waals surface area contributed by atoms with Gasteiger partial charge in [0.05, 0.1) is 36.1 Å². The molecule has 0 saturated carbocycles. The molecule has 49 heavy (non-hydrogen) atoms. The highest BCUT2D eigenvalue weighted by atomic mass is 16.5. The Kier molecular flexibility index (Phi) is 12.6. The molecule has 14 heteroatoms. The Morgan fingerprint density at radius 3 is 2.41 bits per heavy atom. The second kappa shape index (κ2) is 16.8. The van der Waals surface area contributed by atoms with E-state index >= 15 is 0 Å². The number of fused-ring (bicyclic) bond motifs is 1. The first kappa shape index (κ1) is 36.7. The number of nitrogens with two attached hydrogens (primary N) is 1. The molecule has 0 aliphatic carbocycles. The van der Waals surface area contributed by atoms with Crippen LogP contribution < -0.4 is 26.4 Å². The number of aliphatic hydroxyl groups excluding tert-OH is 1. The number of rotatable bonds is 13. The molecule has 1 aromatic heterocycles. The molecule has 3 aromatic rings. The number of aliphatic hydroxyl groups is 1. The summed E-state index contributed by atoms with van der Waals surface area (Å²) in [5.41, 5.74) is 8.70. The predicted molar refractivity (Wildman–Crippen MR) is 186 cm³/mol. The maximum absolute atomic E-state index is 13.8. The molecule has 0 fully saturated rings. The first-order valence-electron chi connectivity index (χ1n) is 16.5. The van der Waals surface area contributed by atoms with Gasteiger partial charge in [0, 0.05) is 38.0 Å². The number of hydrogen-bond acceptors (Lipinski definition) is 9. The first-order chi connectivity index (χ1) is 23.4. The molecule has 264 valence electrons. The lowest BCUT2D eigenvalue weighted by atomic mass is 9.99. The monoisotopic (exact) mass is 677 g/mol. The standard InChI is InChI=1S/C35H47N7O7/c1-21-18-42(22(2)20-43)34(46)26-17-25(37-31(44)13-7-6-8-14-32(45)38-28-12-10-9-11-27(28)36)15-16-29(26)48-30(21)19-41(5)35(47)39-33-23(3)40-49-24(33)4/h9-12,15-17,21-22,30,43H,6-8,13-14,18-20,36H2,1-5H3,(H,37,44)(H,38,45)(H,39,47)/t21-,22+,30+/m0/s1. The van der Waals surface area contributed by atoms with Crippen molar-refractivity contribution in [3.05, 3.63) is 59.5 Å². The zero-order valence-corrected chi connectivity index (χ0v) is 28.7. The van der Waals surface area contributed by atoms with Crippen LogP contribution in [-0.4, -0.2) is 82.7 Å². The number of likely N-dealkylation sites (N-methyl/N-ethyl adjacent to an activating group) is 1. The minimum Gasteiger partial charge on any atom is -0.487 e. The molecule has 0 saturated heterocycles. The smallest absolute Gasteiger partial charge is 0.321 e. The fourth-order valence-corrected chi connectivity index (χ4v) is 5.53. The molecule has 1 aliphatic heterocycles. The van der Waals surface area contributed by atoms with Gasteiger partial charge in [-0.2, -0.15) is 0 Å². The van der Waals surface area contributed by atoms with Crippen LogP contribution in [0, 0.1) is 19.8 Å². The van der Waals surface area contributed by atoms with Crippen LogP contribution in [0.1, 0.15) is 67.8 Å². The van der Waals surface area contributed by atoms with Crippen molar-refractivity contribution >= 4 is 46.5 Å². The number of hydrogen-bond donors (Lipinski definition) is 5. The van der Waals surface area contributed by atoms with Gasteiger partial charge in [-0.05, 0) is 63.9 Å². The van der Waals surface area contributed by atoms with Crippen molar-refractivity contribution in [2.45, 2.75) is 71.9 Å². The van der Waals surface area contributed by atoms with Crippen LogP contribution in [0.25, 0.3) is 0 Å². The predicted octanol–water partition coefficient (Wildman–Crippen LogP) is 4.79. The van der Waals surface area contributed by atoms with Crippen LogP contribution in [0.4, 0.5) is 27.5 Å². The summed E-state index contributed by atoms with van der Waals surface area (Å²) < 4.78 is 11.5. The molecule has 0 spiro atoms. The van der Waals surface area contributed by atoms with Gasteiger partial charge in [0.25, 0.3) is 5.91 Å². The van der Waals surface area contributed by atoms with Crippen LogP contribution >= 0.6 is 0 Å². The number of nitrogens with zero attached hydrogens (tertiary/aromatic N) is 3. The van der Waals surface area contributed by atoms with Gasteiger partial charge in [0.2, 0.25) is 11.8 Å². The third kappa shape index (κ3) is 9.72. The fraction of sp³-hybridized carbons (Fsp3) is 0.457. The minimum absolute atomic E-state index is 0.136. The fourth-order valence-electron chi connectivity index (χ4n) is 5.53. The number of urea groups is 1. The summed E-state index contributed by atoms with van der Waals surface area (Å²) in [7, 11) is 1.65.